The molecule has 0 unspecified atom stereocenters. The molecule has 0 amide bonds. The van der Waals surface area contributed by atoms with Crippen molar-refractivity contribution in [2.75, 3.05) is 0 Å². The van der Waals surface area contributed by atoms with Gasteiger partial charge in [0.2, 0.25) is 10.0 Å². The SMILES string of the molecule is Cl.O=S(=O)(Cc1cccc(F)c1)NCc1ccc2c(c1)CNC2. The molecule has 124 valence electrons. The smallest absolute Gasteiger partial charge is 0.216 e. The van der Waals surface area contributed by atoms with Crippen molar-refractivity contribution in [1.29, 1.82) is 0 Å². The zero-order chi connectivity index (χ0) is 15.6. The third kappa shape index (κ3) is 4.75. The third-order valence-corrected chi connectivity index (χ3v) is 4.94. The Bertz CT molecular complexity index is 796. The van der Waals surface area contributed by atoms with Gasteiger partial charge in [-0.3, -0.25) is 0 Å². The zero-order valence-electron chi connectivity index (χ0n) is 12.4. The number of benzene rings is 2. The summed E-state index contributed by atoms with van der Waals surface area (Å²) < 4.78 is 39.8. The molecule has 2 aromatic carbocycles. The molecule has 1 aliphatic rings. The van der Waals surface area contributed by atoms with Crippen LogP contribution >= 0.6 is 12.4 Å². The fourth-order valence-electron chi connectivity index (χ4n) is 2.55. The summed E-state index contributed by atoms with van der Waals surface area (Å²) in [6.07, 6.45) is 0. The van der Waals surface area contributed by atoms with Crippen LogP contribution in [-0.4, -0.2) is 8.42 Å². The van der Waals surface area contributed by atoms with Gasteiger partial charge in [-0.25, -0.2) is 17.5 Å². The van der Waals surface area contributed by atoms with Crippen LogP contribution in [0.15, 0.2) is 42.5 Å². The molecule has 0 aliphatic carbocycles. The Kier molecular flexibility index (Phi) is 5.75. The number of fused-ring (bicyclic) bond motifs is 1. The molecule has 3 rings (SSSR count). The van der Waals surface area contributed by atoms with E-state index in [9.17, 15) is 12.8 Å². The number of hydrogen-bond acceptors (Lipinski definition) is 3. The summed E-state index contributed by atoms with van der Waals surface area (Å²) in [5.41, 5.74) is 3.82. The van der Waals surface area contributed by atoms with Gasteiger partial charge in [-0.15, -0.1) is 12.4 Å². The van der Waals surface area contributed by atoms with Gasteiger partial charge >= 0.3 is 0 Å². The van der Waals surface area contributed by atoms with Crippen molar-refractivity contribution in [3.63, 3.8) is 0 Å². The van der Waals surface area contributed by atoms with Crippen molar-refractivity contribution in [1.82, 2.24) is 10.0 Å². The lowest BCUT2D eigenvalue weighted by molar-refractivity contribution is 0.580. The van der Waals surface area contributed by atoms with E-state index in [1.54, 1.807) is 6.07 Å². The monoisotopic (exact) mass is 356 g/mol. The summed E-state index contributed by atoms with van der Waals surface area (Å²) >= 11 is 0. The highest BCUT2D eigenvalue weighted by Crippen LogP contribution is 2.17. The minimum absolute atomic E-state index is 0. The van der Waals surface area contributed by atoms with E-state index in [1.807, 2.05) is 18.2 Å². The Balaban J connectivity index is 0.00000192. The predicted molar refractivity (Wildman–Crippen MR) is 90.1 cm³/mol. The summed E-state index contributed by atoms with van der Waals surface area (Å²) in [5.74, 6) is -0.657. The predicted octanol–water partition coefficient (Wildman–Crippen LogP) is 2.47. The van der Waals surface area contributed by atoms with E-state index in [0.717, 1.165) is 18.7 Å². The molecule has 2 N–H and O–H groups in total. The maximum atomic E-state index is 13.1. The first-order valence-electron chi connectivity index (χ1n) is 7.05. The van der Waals surface area contributed by atoms with E-state index in [-0.39, 0.29) is 24.7 Å². The minimum Gasteiger partial charge on any atom is -0.309 e. The van der Waals surface area contributed by atoms with E-state index < -0.39 is 15.8 Å². The van der Waals surface area contributed by atoms with Gasteiger partial charge in [0.1, 0.15) is 5.82 Å². The minimum atomic E-state index is -3.50. The lowest BCUT2D eigenvalue weighted by atomic mass is 10.1. The molecule has 23 heavy (non-hydrogen) atoms. The Labute approximate surface area is 141 Å². The Morgan fingerprint density at radius 2 is 1.83 bits per heavy atom. The Morgan fingerprint density at radius 3 is 2.61 bits per heavy atom. The van der Waals surface area contributed by atoms with Crippen molar-refractivity contribution in [3.8, 4) is 0 Å². The average molecular weight is 357 g/mol. The standard InChI is InChI=1S/C16H17FN2O2S.ClH/c17-16-3-1-2-13(7-16)11-22(20,21)19-8-12-4-5-14-9-18-10-15(14)6-12;/h1-7,18-19H,8-11H2;1H. The van der Waals surface area contributed by atoms with Crippen molar-refractivity contribution in [2.45, 2.75) is 25.4 Å². The van der Waals surface area contributed by atoms with Gasteiger partial charge in [-0.1, -0.05) is 30.3 Å². The van der Waals surface area contributed by atoms with Crippen LogP contribution in [-0.2, 0) is 35.4 Å². The molecule has 2 aromatic rings. The van der Waals surface area contributed by atoms with E-state index in [1.165, 1.54) is 29.3 Å². The number of nitrogens with one attached hydrogen (secondary N) is 2. The van der Waals surface area contributed by atoms with Gasteiger partial charge < -0.3 is 5.32 Å². The molecule has 0 saturated carbocycles. The lowest BCUT2D eigenvalue weighted by Crippen LogP contribution is -2.24. The van der Waals surface area contributed by atoms with Crippen molar-refractivity contribution < 1.29 is 12.8 Å². The highest BCUT2D eigenvalue weighted by atomic mass is 35.5. The van der Waals surface area contributed by atoms with Crippen LogP contribution in [0.4, 0.5) is 4.39 Å². The molecule has 1 aliphatic heterocycles. The van der Waals surface area contributed by atoms with Gasteiger partial charge in [0, 0.05) is 19.6 Å². The first-order valence-corrected chi connectivity index (χ1v) is 8.70. The van der Waals surface area contributed by atoms with Gasteiger partial charge in [-0.05, 0) is 34.4 Å². The maximum Gasteiger partial charge on any atom is 0.216 e. The van der Waals surface area contributed by atoms with Crippen LogP contribution in [0.2, 0.25) is 0 Å². The summed E-state index contributed by atoms with van der Waals surface area (Å²) in [5, 5.41) is 3.25. The second kappa shape index (κ2) is 7.40. The van der Waals surface area contributed by atoms with Crippen molar-refractivity contribution in [2.24, 2.45) is 0 Å². The molecule has 0 bridgehead atoms. The van der Waals surface area contributed by atoms with E-state index in [4.69, 9.17) is 0 Å². The van der Waals surface area contributed by atoms with Crippen LogP contribution in [0.25, 0.3) is 0 Å². The molecule has 0 radical (unpaired) electrons. The topological polar surface area (TPSA) is 58.2 Å². The van der Waals surface area contributed by atoms with Crippen LogP contribution < -0.4 is 10.0 Å². The molecular formula is C16H18ClFN2O2S. The third-order valence-electron chi connectivity index (χ3n) is 3.64. The van der Waals surface area contributed by atoms with Gasteiger partial charge in [0.25, 0.3) is 0 Å². The van der Waals surface area contributed by atoms with Crippen LogP contribution in [0.3, 0.4) is 0 Å². The van der Waals surface area contributed by atoms with Gasteiger partial charge in [-0.2, -0.15) is 0 Å². The average Bonchev–Trinajstić information content (AvgIpc) is 2.92. The van der Waals surface area contributed by atoms with Crippen molar-refractivity contribution >= 4 is 22.4 Å². The highest BCUT2D eigenvalue weighted by molar-refractivity contribution is 7.88. The zero-order valence-corrected chi connectivity index (χ0v) is 14.0. The molecule has 7 heteroatoms. The summed E-state index contributed by atoms with van der Waals surface area (Å²) in [6.45, 7) is 1.92. The number of hydrogen-bond donors (Lipinski definition) is 2. The Hall–Kier alpha value is -1.47. The lowest BCUT2D eigenvalue weighted by Gasteiger charge is -2.08. The van der Waals surface area contributed by atoms with Gasteiger partial charge in [0.15, 0.2) is 0 Å². The second-order valence-electron chi connectivity index (χ2n) is 5.42. The first-order chi connectivity index (χ1) is 10.5. The van der Waals surface area contributed by atoms with Crippen LogP contribution in [0.1, 0.15) is 22.3 Å². The van der Waals surface area contributed by atoms with E-state index in [0.29, 0.717) is 5.56 Å². The first kappa shape index (κ1) is 17.9. The summed E-state index contributed by atoms with van der Waals surface area (Å²) in [4.78, 5) is 0. The van der Waals surface area contributed by atoms with Gasteiger partial charge in [0.05, 0.1) is 5.75 Å². The molecule has 0 fully saturated rings. The number of rotatable bonds is 5. The highest BCUT2D eigenvalue weighted by Gasteiger charge is 2.14. The quantitative estimate of drug-likeness (QED) is 0.865. The molecule has 1 heterocycles. The summed E-state index contributed by atoms with van der Waals surface area (Å²) in [6, 6.07) is 11.6. The van der Waals surface area contributed by atoms with E-state index in [2.05, 4.69) is 10.0 Å². The fraction of sp³-hybridized carbons (Fsp3) is 0.250. The fourth-order valence-corrected chi connectivity index (χ4v) is 3.66. The number of halogens is 2. The largest absolute Gasteiger partial charge is 0.309 e. The number of sulfonamides is 1. The molecule has 0 spiro atoms. The molecule has 4 nitrogen and oxygen atoms in total. The second-order valence-corrected chi connectivity index (χ2v) is 7.22. The van der Waals surface area contributed by atoms with Crippen LogP contribution in [0, 0.1) is 5.82 Å². The Morgan fingerprint density at radius 1 is 1.04 bits per heavy atom. The van der Waals surface area contributed by atoms with E-state index >= 15 is 0 Å². The normalized spacial score (nSPS) is 13.4. The van der Waals surface area contributed by atoms with Crippen molar-refractivity contribution in [3.05, 3.63) is 70.5 Å². The van der Waals surface area contributed by atoms with Crippen LogP contribution in [0.5, 0.6) is 0 Å². The maximum absolute atomic E-state index is 13.1. The molecule has 0 aromatic heterocycles. The molecule has 0 atom stereocenters. The molecule has 0 saturated heterocycles. The summed E-state index contributed by atoms with van der Waals surface area (Å²) in [7, 11) is -3.50. The molecular weight excluding hydrogens is 339 g/mol.